The summed E-state index contributed by atoms with van der Waals surface area (Å²) in [6.45, 7) is 0. The summed E-state index contributed by atoms with van der Waals surface area (Å²) in [6.07, 6.45) is 0. The standard InChI is InChI=1S/C27H13F7O/c1-35-14-5-2-12(3-6-14)21-15-7-4-13(28)10-16(15)22(24-18(30)9-8-17(29)23(21)24)25-26(33)19(31)11-20(32)27(25)34/h2-11H,1H3. The number of rotatable bonds is 3. The zero-order valence-corrected chi connectivity index (χ0v) is 17.8. The lowest BCUT2D eigenvalue weighted by Gasteiger charge is -2.19. The Labute approximate surface area is 194 Å². The molecule has 0 saturated heterocycles. The summed E-state index contributed by atoms with van der Waals surface area (Å²) in [5, 5.41) is -1.24. The van der Waals surface area contributed by atoms with Crippen LogP contribution < -0.4 is 4.74 Å². The summed E-state index contributed by atoms with van der Waals surface area (Å²) < 4.78 is 108. The second kappa shape index (κ2) is 8.30. The topological polar surface area (TPSA) is 9.23 Å². The minimum absolute atomic E-state index is 0.00178. The van der Waals surface area contributed by atoms with Gasteiger partial charge in [0.25, 0.3) is 0 Å². The van der Waals surface area contributed by atoms with Gasteiger partial charge in [-0.15, -0.1) is 0 Å². The van der Waals surface area contributed by atoms with Gasteiger partial charge < -0.3 is 4.74 Å². The number of benzene rings is 5. The zero-order valence-electron chi connectivity index (χ0n) is 17.8. The van der Waals surface area contributed by atoms with Gasteiger partial charge in [-0.1, -0.05) is 18.2 Å². The highest BCUT2D eigenvalue weighted by Gasteiger charge is 2.28. The van der Waals surface area contributed by atoms with Crippen LogP contribution in [0.15, 0.2) is 60.7 Å². The summed E-state index contributed by atoms with van der Waals surface area (Å²) in [7, 11) is 1.44. The van der Waals surface area contributed by atoms with Crippen molar-refractivity contribution in [2.24, 2.45) is 0 Å². The fraction of sp³-hybridized carbons (Fsp3) is 0.0370. The van der Waals surface area contributed by atoms with Crippen LogP contribution >= 0.6 is 0 Å². The van der Waals surface area contributed by atoms with Crippen molar-refractivity contribution in [3.63, 3.8) is 0 Å². The van der Waals surface area contributed by atoms with E-state index in [1.54, 1.807) is 24.3 Å². The van der Waals surface area contributed by atoms with Gasteiger partial charge in [-0.2, -0.15) is 0 Å². The number of hydrogen-bond acceptors (Lipinski definition) is 1. The van der Waals surface area contributed by atoms with Gasteiger partial charge in [0.05, 0.1) is 12.7 Å². The van der Waals surface area contributed by atoms with Crippen LogP contribution in [0.5, 0.6) is 5.75 Å². The van der Waals surface area contributed by atoms with E-state index >= 15 is 8.78 Å². The van der Waals surface area contributed by atoms with Crippen molar-refractivity contribution in [2.75, 3.05) is 7.11 Å². The maximum absolute atomic E-state index is 15.3. The Morgan fingerprint density at radius 3 is 1.66 bits per heavy atom. The van der Waals surface area contributed by atoms with Crippen molar-refractivity contribution < 1.29 is 35.5 Å². The predicted molar refractivity (Wildman–Crippen MR) is 119 cm³/mol. The molecule has 0 fully saturated rings. The fourth-order valence-corrected chi connectivity index (χ4v) is 4.36. The third-order valence-electron chi connectivity index (χ3n) is 5.86. The lowest BCUT2D eigenvalue weighted by molar-refractivity contribution is 0.415. The van der Waals surface area contributed by atoms with Crippen LogP contribution in [0.25, 0.3) is 43.8 Å². The summed E-state index contributed by atoms with van der Waals surface area (Å²) in [5.41, 5.74) is -1.53. The monoisotopic (exact) mass is 486 g/mol. The average Bonchev–Trinajstić information content (AvgIpc) is 2.85. The van der Waals surface area contributed by atoms with E-state index in [0.29, 0.717) is 11.3 Å². The Morgan fingerprint density at radius 1 is 0.514 bits per heavy atom. The normalized spacial score (nSPS) is 11.4. The first kappa shape index (κ1) is 22.7. The van der Waals surface area contributed by atoms with E-state index < -0.39 is 62.6 Å². The molecule has 0 atom stereocenters. The van der Waals surface area contributed by atoms with Crippen molar-refractivity contribution in [2.45, 2.75) is 0 Å². The van der Waals surface area contributed by atoms with E-state index in [9.17, 15) is 22.0 Å². The summed E-state index contributed by atoms with van der Waals surface area (Å²) in [6, 6.07) is 10.9. The van der Waals surface area contributed by atoms with Gasteiger partial charge in [-0.25, -0.2) is 30.7 Å². The molecule has 0 bridgehead atoms. The number of hydrogen-bond donors (Lipinski definition) is 0. The molecule has 1 nitrogen and oxygen atoms in total. The molecular weight excluding hydrogens is 473 g/mol. The quantitative estimate of drug-likeness (QED) is 0.142. The largest absolute Gasteiger partial charge is 0.497 e. The molecule has 0 radical (unpaired) electrons. The molecule has 35 heavy (non-hydrogen) atoms. The zero-order chi connectivity index (χ0) is 25.0. The van der Waals surface area contributed by atoms with E-state index in [4.69, 9.17) is 4.74 Å². The van der Waals surface area contributed by atoms with E-state index in [1.165, 1.54) is 13.2 Å². The lowest BCUT2D eigenvalue weighted by Crippen LogP contribution is -2.02. The number of methoxy groups -OCH3 is 1. The van der Waals surface area contributed by atoms with Gasteiger partial charge in [0.15, 0.2) is 23.3 Å². The van der Waals surface area contributed by atoms with Crippen molar-refractivity contribution in [3.8, 4) is 28.0 Å². The summed E-state index contributed by atoms with van der Waals surface area (Å²) in [4.78, 5) is 0. The average molecular weight is 486 g/mol. The van der Waals surface area contributed by atoms with Gasteiger partial charge in [-0.05, 0) is 52.7 Å². The minimum atomic E-state index is -1.82. The van der Waals surface area contributed by atoms with Gasteiger partial charge in [0.2, 0.25) is 0 Å². The smallest absolute Gasteiger partial charge is 0.169 e. The van der Waals surface area contributed by atoms with E-state index in [0.717, 1.165) is 24.3 Å². The second-order valence-electron chi connectivity index (χ2n) is 7.79. The molecule has 0 unspecified atom stereocenters. The molecule has 0 saturated carbocycles. The van der Waals surface area contributed by atoms with E-state index in [1.807, 2.05) is 0 Å². The molecule has 5 aromatic rings. The van der Waals surface area contributed by atoms with Crippen LogP contribution in [0, 0.1) is 40.7 Å². The Balaban J connectivity index is 2.09. The summed E-state index contributed by atoms with van der Waals surface area (Å²) >= 11 is 0. The molecule has 0 aliphatic rings. The highest BCUT2D eigenvalue weighted by Crippen LogP contribution is 2.47. The first-order valence-electron chi connectivity index (χ1n) is 10.2. The maximum atomic E-state index is 15.3. The van der Waals surface area contributed by atoms with E-state index in [-0.39, 0.29) is 22.4 Å². The molecule has 0 heterocycles. The van der Waals surface area contributed by atoms with Crippen LogP contribution in [-0.4, -0.2) is 7.11 Å². The predicted octanol–water partition coefficient (Wildman–Crippen LogP) is 8.31. The van der Waals surface area contributed by atoms with Gasteiger partial charge in [0.1, 0.15) is 23.2 Å². The number of halogens is 7. The van der Waals surface area contributed by atoms with Crippen molar-refractivity contribution >= 4 is 21.5 Å². The molecule has 5 rings (SSSR count). The lowest BCUT2D eigenvalue weighted by atomic mass is 9.85. The molecule has 0 aliphatic carbocycles. The third-order valence-corrected chi connectivity index (χ3v) is 5.86. The van der Waals surface area contributed by atoms with Crippen LogP contribution in [0.1, 0.15) is 0 Å². The molecule has 176 valence electrons. The third kappa shape index (κ3) is 3.48. The van der Waals surface area contributed by atoms with Gasteiger partial charge >= 0.3 is 0 Å². The molecular formula is C27H13F7O. The molecule has 0 aromatic heterocycles. The van der Waals surface area contributed by atoms with Crippen molar-refractivity contribution in [3.05, 3.63) is 101 Å². The summed E-state index contributed by atoms with van der Waals surface area (Å²) in [5.74, 6) is -9.61. The SMILES string of the molecule is COc1ccc(-c2c3ccc(F)cc3c(-c3c(F)c(F)cc(F)c3F)c3c(F)ccc(F)c23)cc1. The minimum Gasteiger partial charge on any atom is -0.497 e. The van der Waals surface area contributed by atoms with Crippen LogP contribution in [0.2, 0.25) is 0 Å². The maximum Gasteiger partial charge on any atom is 0.169 e. The highest BCUT2D eigenvalue weighted by atomic mass is 19.2. The fourth-order valence-electron chi connectivity index (χ4n) is 4.36. The first-order valence-corrected chi connectivity index (χ1v) is 10.2. The van der Waals surface area contributed by atoms with Crippen molar-refractivity contribution in [1.29, 1.82) is 0 Å². The molecule has 0 N–H and O–H groups in total. The van der Waals surface area contributed by atoms with Crippen LogP contribution in [-0.2, 0) is 0 Å². The Morgan fingerprint density at radius 2 is 1.09 bits per heavy atom. The van der Waals surface area contributed by atoms with Gasteiger partial charge in [0, 0.05) is 28.0 Å². The molecule has 0 amide bonds. The molecule has 0 spiro atoms. The number of ether oxygens (including phenoxy) is 1. The highest BCUT2D eigenvalue weighted by molar-refractivity contribution is 6.21. The molecule has 8 heteroatoms. The van der Waals surface area contributed by atoms with Gasteiger partial charge in [-0.3, -0.25) is 0 Å². The van der Waals surface area contributed by atoms with E-state index in [2.05, 4.69) is 0 Å². The van der Waals surface area contributed by atoms with Crippen LogP contribution in [0.4, 0.5) is 30.7 Å². The second-order valence-corrected chi connectivity index (χ2v) is 7.79. The Kier molecular flexibility index (Phi) is 5.39. The number of fused-ring (bicyclic) bond motifs is 2. The Bertz CT molecular complexity index is 1620. The van der Waals surface area contributed by atoms with Crippen LogP contribution in [0.3, 0.4) is 0 Å². The Hall–Kier alpha value is -4.07. The first-order chi connectivity index (χ1) is 16.7. The molecule has 5 aromatic carbocycles. The molecule has 0 aliphatic heterocycles. The van der Waals surface area contributed by atoms with Crippen molar-refractivity contribution in [1.82, 2.24) is 0 Å².